The third-order valence-electron chi connectivity index (χ3n) is 3.61. The zero-order valence-electron chi connectivity index (χ0n) is 12.8. The van der Waals surface area contributed by atoms with E-state index in [0.29, 0.717) is 12.0 Å². The summed E-state index contributed by atoms with van der Waals surface area (Å²) < 4.78 is 6.13. The largest absolute Gasteiger partial charge is 0.374 e. The molecule has 0 saturated carbocycles. The molecule has 0 rings (SSSR count). The van der Waals surface area contributed by atoms with Crippen LogP contribution in [-0.4, -0.2) is 24.8 Å². The van der Waals surface area contributed by atoms with Crippen LogP contribution in [0.15, 0.2) is 0 Å². The molecular weight excluding hydrogens is 210 g/mol. The van der Waals surface area contributed by atoms with E-state index in [0.717, 1.165) is 26.0 Å². The van der Waals surface area contributed by atoms with E-state index in [1.54, 1.807) is 0 Å². The second-order valence-electron chi connectivity index (χ2n) is 5.34. The fraction of sp³-hybridized carbons (Fsp3) is 1.00. The molecule has 1 atom stereocenters. The average Bonchev–Trinajstić information content (AvgIpc) is 2.31. The lowest BCUT2D eigenvalue weighted by molar-refractivity contribution is -0.0760. The lowest BCUT2D eigenvalue weighted by Crippen LogP contribution is -2.52. The zero-order chi connectivity index (χ0) is 13.3. The van der Waals surface area contributed by atoms with E-state index in [1.165, 1.54) is 12.8 Å². The van der Waals surface area contributed by atoms with Crippen molar-refractivity contribution in [1.82, 2.24) is 5.32 Å². The number of hydrogen-bond acceptors (Lipinski definition) is 2. The minimum atomic E-state index is 0.0220. The highest BCUT2D eigenvalue weighted by molar-refractivity contribution is 4.92. The zero-order valence-corrected chi connectivity index (χ0v) is 12.8. The van der Waals surface area contributed by atoms with E-state index in [2.05, 4.69) is 46.9 Å². The fourth-order valence-corrected chi connectivity index (χ4v) is 2.61. The first-order valence-corrected chi connectivity index (χ1v) is 7.43. The molecule has 0 fully saturated rings. The van der Waals surface area contributed by atoms with Crippen molar-refractivity contribution < 1.29 is 4.74 Å². The summed E-state index contributed by atoms with van der Waals surface area (Å²) in [4.78, 5) is 0. The molecule has 0 bridgehead atoms. The van der Waals surface area contributed by atoms with Crippen LogP contribution in [-0.2, 0) is 4.74 Å². The van der Waals surface area contributed by atoms with Crippen molar-refractivity contribution in [2.45, 2.75) is 78.9 Å². The molecule has 0 aromatic carbocycles. The average molecular weight is 243 g/mol. The molecule has 104 valence electrons. The highest BCUT2D eigenvalue weighted by Crippen LogP contribution is 2.29. The van der Waals surface area contributed by atoms with E-state index in [1.807, 2.05) is 0 Å². The molecule has 0 spiro atoms. The van der Waals surface area contributed by atoms with Crippen molar-refractivity contribution in [3.05, 3.63) is 0 Å². The Balaban J connectivity index is 4.77. The Hall–Kier alpha value is -0.0800. The highest BCUT2D eigenvalue weighted by Gasteiger charge is 2.36. The van der Waals surface area contributed by atoms with Crippen molar-refractivity contribution in [1.29, 1.82) is 0 Å². The lowest BCUT2D eigenvalue weighted by atomic mass is 9.83. The Labute approximate surface area is 109 Å². The van der Waals surface area contributed by atoms with Gasteiger partial charge in [0.05, 0.1) is 5.60 Å². The van der Waals surface area contributed by atoms with Crippen LogP contribution in [0.5, 0.6) is 0 Å². The maximum absolute atomic E-state index is 6.13. The van der Waals surface area contributed by atoms with Gasteiger partial charge in [-0.05, 0) is 45.1 Å². The Bertz CT molecular complexity index is 176. The summed E-state index contributed by atoms with van der Waals surface area (Å²) in [6, 6.07) is 0.484. The third kappa shape index (κ3) is 5.39. The summed E-state index contributed by atoms with van der Waals surface area (Å²) in [5.74, 6) is 0.710. The molecule has 0 aromatic rings. The Morgan fingerprint density at radius 2 is 1.65 bits per heavy atom. The van der Waals surface area contributed by atoms with Crippen LogP contribution in [0, 0.1) is 5.92 Å². The molecule has 0 saturated heterocycles. The van der Waals surface area contributed by atoms with Crippen LogP contribution in [0.25, 0.3) is 0 Å². The molecule has 0 aliphatic carbocycles. The summed E-state index contributed by atoms with van der Waals surface area (Å²) in [5.41, 5.74) is 0.0220. The molecule has 2 heteroatoms. The van der Waals surface area contributed by atoms with Gasteiger partial charge in [-0.1, -0.05) is 34.6 Å². The van der Waals surface area contributed by atoms with Gasteiger partial charge in [-0.3, -0.25) is 0 Å². The first kappa shape index (κ1) is 16.9. The molecule has 0 aromatic heterocycles. The van der Waals surface area contributed by atoms with Gasteiger partial charge in [-0.25, -0.2) is 0 Å². The minimum Gasteiger partial charge on any atom is -0.374 e. The molecule has 0 aliphatic rings. The van der Waals surface area contributed by atoms with Crippen molar-refractivity contribution >= 4 is 0 Å². The normalized spacial score (nSPS) is 14.3. The van der Waals surface area contributed by atoms with Gasteiger partial charge in [0.15, 0.2) is 0 Å². The van der Waals surface area contributed by atoms with E-state index >= 15 is 0 Å². The van der Waals surface area contributed by atoms with Crippen LogP contribution in [0.1, 0.15) is 67.2 Å². The van der Waals surface area contributed by atoms with E-state index in [-0.39, 0.29) is 5.60 Å². The van der Waals surface area contributed by atoms with Gasteiger partial charge in [0, 0.05) is 12.6 Å². The quantitative estimate of drug-likeness (QED) is 0.626. The molecule has 2 nitrogen and oxygen atoms in total. The number of hydrogen-bond donors (Lipinski definition) is 1. The molecule has 0 amide bonds. The highest BCUT2D eigenvalue weighted by atomic mass is 16.5. The van der Waals surface area contributed by atoms with Crippen molar-refractivity contribution in [2.75, 3.05) is 13.2 Å². The maximum atomic E-state index is 6.13. The lowest BCUT2D eigenvalue weighted by Gasteiger charge is -2.41. The molecule has 0 aliphatic heterocycles. The van der Waals surface area contributed by atoms with Crippen LogP contribution >= 0.6 is 0 Å². The van der Waals surface area contributed by atoms with Crippen molar-refractivity contribution in [3.8, 4) is 0 Å². The van der Waals surface area contributed by atoms with E-state index < -0.39 is 0 Å². The smallest absolute Gasteiger partial charge is 0.0829 e. The summed E-state index contributed by atoms with van der Waals surface area (Å²) in [6.07, 6.45) is 4.56. The second-order valence-corrected chi connectivity index (χ2v) is 5.34. The van der Waals surface area contributed by atoms with Crippen molar-refractivity contribution in [3.63, 3.8) is 0 Å². The summed E-state index contributed by atoms with van der Waals surface area (Å²) in [7, 11) is 0. The minimum absolute atomic E-state index is 0.0220. The van der Waals surface area contributed by atoms with Crippen LogP contribution in [0.4, 0.5) is 0 Å². The predicted molar refractivity (Wildman–Crippen MR) is 76.5 cm³/mol. The number of nitrogens with one attached hydrogen (secondary N) is 1. The van der Waals surface area contributed by atoms with Gasteiger partial charge >= 0.3 is 0 Å². The Morgan fingerprint density at radius 1 is 1.06 bits per heavy atom. The second kappa shape index (κ2) is 8.93. The first-order chi connectivity index (χ1) is 8.06. The number of rotatable bonds is 10. The summed E-state index contributed by atoms with van der Waals surface area (Å²) in [6.45, 7) is 15.3. The fourth-order valence-electron chi connectivity index (χ4n) is 2.61. The van der Waals surface area contributed by atoms with Gasteiger partial charge in [0.2, 0.25) is 0 Å². The molecule has 1 N–H and O–H groups in total. The van der Waals surface area contributed by atoms with E-state index in [4.69, 9.17) is 4.74 Å². The Morgan fingerprint density at radius 3 is 2.00 bits per heavy atom. The predicted octanol–water partition coefficient (Wildman–Crippen LogP) is 4.00. The van der Waals surface area contributed by atoms with Crippen LogP contribution in [0.2, 0.25) is 0 Å². The summed E-state index contributed by atoms with van der Waals surface area (Å²) >= 11 is 0. The van der Waals surface area contributed by atoms with E-state index in [9.17, 15) is 0 Å². The number of ether oxygens (including phenoxy) is 1. The monoisotopic (exact) mass is 243 g/mol. The van der Waals surface area contributed by atoms with Gasteiger partial charge in [-0.15, -0.1) is 0 Å². The standard InChI is InChI=1S/C15H33NO/c1-7-11-16-14(12-13(5)6)15(8-2,9-3)17-10-4/h13-14,16H,7-12H2,1-6H3. The molecular formula is C15H33NO. The Kier molecular flexibility index (Phi) is 8.89. The van der Waals surface area contributed by atoms with Gasteiger partial charge in [-0.2, -0.15) is 0 Å². The third-order valence-corrected chi connectivity index (χ3v) is 3.61. The molecule has 1 unspecified atom stereocenters. The van der Waals surface area contributed by atoms with Crippen LogP contribution in [0.3, 0.4) is 0 Å². The molecule has 17 heavy (non-hydrogen) atoms. The topological polar surface area (TPSA) is 21.3 Å². The molecule has 0 heterocycles. The van der Waals surface area contributed by atoms with Gasteiger partial charge in [0.1, 0.15) is 0 Å². The SMILES string of the molecule is CCCNC(CC(C)C)C(CC)(CC)OCC. The van der Waals surface area contributed by atoms with Gasteiger partial charge in [0.25, 0.3) is 0 Å². The van der Waals surface area contributed by atoms with Crippen molar-refractivity contribution in [2.24, 2.45) is 5.92 Å². The first-order valence-electron chi connectivity index (χ1n) is 7.43. The van der Waals surface area contributed by atoms with Crippen LogP contribution < -0.4 is 5.32 Å². The molecule has 0 radical (unpaired) electrons. The summed E-state index contributed by atoms with van der Waals surface area (Å²) in [5, 5.41) is 3.70. The maximum Gasteiger partial charge on any atom is 0.0829 e. The van der Waals surface area contributed by atoms with Gasteiger partial charge < -0.3 is 10.1 Å².